The lowest BCUT2D eigenvalue weighted by Gasteiger charge is -2.39. The first-order valence-electron chi connectivity index (χ1n) is 9.72. The highest BCUT2D eigenvalue weighted by atomic mass is 19.1. The number of carbonyl (C=O) groups excluding carboxylic acids is 1. The third-order valence-corrected chi connectivity index (χ3v) is 5.13. The van der Waals surface area contributed by atoms with Gasteiger partial charge in [-0.3, -0.25) is 9.69 Å². The minimum absolute atomic E-state index is 0.117. The topological polar surface area (TPSA) is 48.5 Å². The zero-order valence-corrected chi connectivity index (χ0v) is 16.0. The molecule has 0 bridgehead atoms. The summed E-state index contributed by atoms with van der Waals surface area (Å²) in [5.74, 6) is 0.515. The first-order valence-corrected chi connectivity index (χ1v) is 9.72. The number of hydrogen-bond acceptors (Lipinski definition) is 4. The van der Waals surface area contributed by atoms with Crippen molar-refractivity contribution in [2.45, 2.75) is 6.04 Å². The standard InChI is InChI=1S/C23H23FN4O/c24-19-9-11-20(12-10-19)26-23(29)22(18-6-2-1-3-7-18)28-16-14-27(15-17-28)21-8-4-5-13-25-21/h1-13,22H,14-17H2,(H,26,29)/t22-/m1/s1. The van der Waals surface area contributed by atoms with E-state index in [0.29, 0.717) is 5.69 Å². The van der Waals surface area contributed by atoms with Crippen LogP contribution in [0.25, 0.3) is 0 Å². The lowest BCUT2D eigenvalue weighted by atomic mass is 10.0. The Morgan fingerprint density at radius 3 is 2.24 bits per heavy atom. The number of nitrogens with one attached hydrogen (secondary N) is 1. The van der Waals surface area contributed by atoms with Gasteiger partial charge in [0.1, 0.15) is 17.7 Å². The lowest BCUT2D eigenvalue weighted by molar-refractivity contribution is -0.121. The van der Waals surface area contributed by atoms with Crippen molar-refractivity contribution in [2.24, 2.45) is 0 Å². The normalized spacial score (nSPS) is 15.7. The Hall–Kier alpha value is -3.25. The number of nitrogens with zero attached hydrogens (tertiary/aromatic N) is 3. The number of pyridine rings is 1. The van der Waals surface area contributed by atoms with Crippen LogP contribution in [0, 0.1) is 5.82 Å². The van der Waals surface area contributed by atoms with Crippen LogP contribution in [0.15, 0.2) is 79.0 Å². The lowest BCUT2D eigenvalue weighted by Crippen LogP contribution is -2.50. The van der Waals surface area contributed by atoms with Crippen molar-refractivity contribution in [3.63, 3.8) is 0 Å². The molecule has 1 aliphatic heterocycles. The van der Waals surface area contributed by atoms with Gasteiger partial charge in [-0.15, -0.1) is 0 Å². The van der Waals surface area contributed by atoms with E-state index in [2.05, 4.69) is 20.1 Å². The van der Waals surface area contributed by atoms with Gasteiger partial charge in [-0.25, -0.2) is 9.37 Å². The summed E-state index contributed by atoms with van der Waals surface area (Å²) in [6, 6.07) is 21.1. The Labute approximate surface area is 169 Å². The quantitative estimate of drug-likeness (QED) is 0.721. The molecule has 5 nitrogen and oxygen atoms in total. The van der Waals surface area contributed by atoms with E-state index in [1.807, 2.05) is 48.5 Å². The van der Waals surface area contributed by atoms with Gasteiger partial charge in [0, 0.05) is 38.1 Å². The molecule has 6 heteroatoms. The van der Waals surface area contributed by atoms with Crippen LogP contribution < -0.4 is 10.2 Å². The minimum Gasteiger partial charge on any atom is -0.354 e. The zero-order valence-electron chi connectivity index (χ0n) is 16.0. The van der Waals surface area contributed by atoms with Crippen LogP contribution in [0.2, 0.25) is 0 Å². The largest absolute Gasteiger partial charge is 0.354 e. The van der Waals surface area contributed by atoms with Crippen LogP contribution in [0.3, 0.4) is 0 Å². The number of aromatic nitrogens is 1. The van der Waals surface area contributed by atoms with E-state index in [9.17, 15) is 9.18 Å². The molecule has 0 unspecified atom stereocenters. The van der Waals surface area contributed by atoms with Gasteiger partial charge in [0.25, 0.3) is 0 Å². The fourth-order valence-electron chi connectivity index (χ4n) is 3.66. The summed E-state index contributed by atoms with van der Waals surface area (Å²) in [5.41, 5.74) is 1.53. The fourth-order valence-corrected chi connectivity index (χ4v) is 3.66. The molecule has 0 saturated carbocycles. The predicted octanol–water partition coefficient (Wildman–Crippen LogP) is 3.72. The number of hydrogen-bond donors (Lipinski definition) is 1. The van der Waals surface area contributed by atoms with Crippen LogP contribution in [-0.2, 0) is 4.79 Å². The average Bonchev–Trinajstić information content (AvgIpc) is 2.77. The molecule has 2 heterocycles. The molecule has 0 spiro atoms. The van der Waals surface area contributed by atoms with E-state index in [-0.39, 0.29) is 11.7 Å². The average molecular weight is 390 g/mol. The van der Waals surface area contributed by atoms with Gasteiger partial charge >= 0.3 is 0 Å². The third-order valence-electron chi connectivity index (χ3n) is 5.13. The van der Waals surface area contributed by atoms with Gasteiger partial charge in [-0.05, 0) is 42.0 Å². The summed E-state index contributed by atoms with van der Waals surface area (Å²) in [6.07, 6.45) is 1.80. The summed E-state index contributed by atoms with van der Waals surface area (Å²) in [4.78, 5) is 22.0. The van der Waals surface area contributed by atoms with Gasteiger partial charge < -0.3 is 10.2 Å². The van der Waals surface area contributed by atoms with Gasteiger partial charge in [0.2, 0.25) is 5.91 Å². The van der Waals surface area contributed by atoms with Crippen molar-refractivity contribution >= 4 is 17.4 Å². The van der Waals surface area contributed by atoms with Crippen LogP contribution in [0.5, 0.6) is 0 Å². The summed E-state index contributed by atoms with van der Waals surface area (Å²) < 4.78 is 13.2. The van der Waals surface area contributed by atoms with Crippen LogP contribution in [0.1, 0.15) is 11.6 Å². The second kappa shape index (κ2) is 8.84. The summed E-state index contributed by atoms with van der Waals surface area (Å²) in [5, 5.41) is 2.93. The highest BCUT2D eigenvalue weighted by Gasteiger charge is 2.30. The summed E-state index contributed by atoms with van der Waals surface area (Å²) >= 11 is 0. The second-order valence-corrected chi connectivity index (χ2v) is 7.02. The highest BCUT2D eigenvalue weighted by Crippen LogP contribution is 2.25. The molecule has 1 amide bonds. The van der Waals surface area contributed by atoms with E-state index in [0.717, 1.165) is 37.6 Å². The van der Waals surface area contributed by atoms with Gasteiger partial charge in [0.05, 0.1) is 0 Å². The molecule has 2 aromatic carbocycles. The minimum atomic E-state index is -0.410. The highest BCUT2D eigenvalue weighted by molar-refractivity contribution is 5.95. The SMILES string of the molecule is O=C(Nc1ccc(F)cc1)[C@@H](c1ccccc1)N1CCN(c2ccccn2)CC1. The summed E-state index contributed by atoms with van der Waals surface area (Å²) in [7, 11) is 0. The van der Waals surface area contributed by atoms with E-state index in [4.69, 9.17) is 0 Å². The Morgan fingerprint density at radius 2 is 1.59 bits per heavy atom. The zero-order chi connectivity index (χ0) is 20.1. The molecule has 1 atom stereocenters. The third kappa shape index (κ3) is 4.60. The molecule has 1 saturated heterocycles. The van der Waals surface area contributed by atoms with Gasteiger partial charge in [-0.2, -0.15) is 0 Å². The Bertz CT molecular complexity index is 926. The maximum atomic E-state index is 13.2. The maximum Gasteiger partial charge on any atom is 0.246 e. The number of halogens is 1. The first kappa shape index (κ1) is 19.1. The number of carbonyl (C=O) groups is 1. The van der Waals surface area contributed by atoms with E-state index >= 15 is 0 Å². The maximum absolute atomic E-state index is 13.2. The van der Waals surface area contributed by atoms with Crippen molar-refractivity contribution in [1.29, 1.82) is 0 Å². The van der Waals surface area contributed by atoms with E-state index in [1.54, 1.807) is 18.3 Å². The monoisotopic (exact) mass is 390 g/mol. The molecule has 3 aromatic rings. The van der Waals surface area contributed by atoms with Crippen molar-refractivity contribution < 1.29 is 9.18 Å². The van der Waals surface area contributed by atoms with Gasteiger partial charge in [-0.1, -0.05) is 36.4 Å². The fraction of sp³-hybridized carbons (Fsp3) is 0.217. The molecular weight excluding hydrogens is 367 g/mol. The smallest absolute Gasteiger partial charge is 0.246 e. The molecule has 29 heavy (non-hydrogen) atoms. The van der Waals surface area contributed by atoms with Crippen molar-refractivity contribution in [2.75, 3.05) is 36.4 Å². The number of benzene rings is 2. The molecule has 1 aliphatic rings. The Balaban J connectivity index is 1.51. The van der Waals surface area contributed by atoms with Crippen molar-refractivity contribution in [3.8, 4) is 0 Å². The van der Waals surface area contributed by atoms with Crippen LogP contribution in [-0.4, -0.2) is 42.0 Å². The Kier molecular flexibility index (Phi) is 5.81. The predicted molar refractivity (Wildman–Crippen MR) is 112 cm³/mol. The molecule has 0 radical (unpaired) electrons. The number of piperazine rings is 1. The molecule has 1 fully saturated rings. The van der Waals surface area contributed by atoms with E-state index in [1.165, 1.54) is 12.1 Å². The van der Waals surface area contributed by atoms with E-state index < -0.39 is 6.04 Å². The molecule has 0 aliphatic carbocycles. The summed E-state index contributed by atoms with van der Waals surface area (Å²) in [6.45, 7) is 3.08. The molecule has 1 aromatic heterocycles. The second-order valence-electron chi connectivity index (χ2n) is 7.02. The van der Waals surface area contributed by atoms with Gasteiger partial charge in [0.15, 0.2) is 0 Å². The molecule has 148 valence electrons. The number of anilines is 2. The molecule has 1 N–H and O–H groups in total. The Morgan fingerprint density at radius 1 is 0.897 bits per heavy atom. The molecule has 4 rings (SSSR count). The van der Waals surface area contributed by atoms with Crippen LogP contribution >= 0.6 is 0 Å². The number of rotatable bonds is 5. The van der Waals surface area contributed by atoms with Crippen molar-refractivity contribution in [3.05, 3.63) is 90.4 Å². The molecular formula is C23H23FN4O. The van der Waals surface area contributed by atoms with Crippen molar-refractivity contribution in [1.82, 2.24) is 9.88 Å². The van der Waals surface area contributed by atoms with Crippen LogP contribution in [0.4, 0.5) is 15.9 Å². The number of amides is 1. The first-order chi connectivity index (χ1) is 14.2.